The summed E-state index contributed by atoms with van der Waals surface area (Å²) in [5.41, 5.74) is 6.56. The number of rotatable bonds is 5. The SMILES string of the molecule is COc1cc(Oc2ccc(CO)cc2OC)c(N)cc1F. The van der Waals surface area contributed by atoms with Gasteiger partial charge >= 0.3 is 0 Å². The van der Waals surface area contributed by atoms with Crippen LogP contribution in [-0.2, 0) is 6.61 Å². The average Bonchev–Trinajstić information content (AvgIpc) is 2.50. The molecule has 0 saturated carbocycles. The van der Waals surface area contributed by atoms with Crippen molar-refractivity contribution in [2.75, 3.05) is 20.0 Å². The van der Waals surface area contributed by atoms with Crippen molar-refractivity contribution in [3.63, 3.8) is 0 Å². The van der Waals surface area contributed by atoms with E-state index in [4.69, 9.17) is 25.1 Å². The van der Waals surface area contributed by atoms with Crippen molar-refractivity contribution in [2.45, 2.75) is 6.61 Å². The Kier molecular flexibility index (Phi) is 4.49. The fraction of sp³-hybridized carbons (Fsp3) is 0.200. The van der Waals surface area contributed by atoms with Gasteiger partial charge in [0.25, 0.3) is 0 Å². The van der Waals surface area contributed by atoms with Crippen LogP contribution in [0.3, 0.4) is 0 Å². The molecule has 0 aliphatic rings. The summed E-state index contributed by atoms with van der Waals surface area (Å²) in [5, 5.41) is 9.11. The van der Waals surface area contributed by atoms with Gasteiger partial charge in [-0.3, -0.25) is 0 Å². The maximum atomic E-state index is 13.5. The van der Waals surface area contributed by atoms with Gasteiger partial charge in [0, 0.05) is 12.1 Å². The van der Waals surface area contributed by atoms with Crippen LogP contribution in [0.25, 0.3) is 0 Å². The van der Waals surface area contributed by atoms with Gasteiger partial charge in [-0.2, -0.15) is 0 Å². The monoisotopic (exact) mass is 293 g/mol. The smallest absolute Gasteiger partial charge is 0.169 e. The largest absolute Gasteiger partial charge is 0.494 e. The number of aliphatic hydroxyl groups excluding tert-OH is 1. The highest BCUT2D eigenvalue weighted by Crippen LogP contribution is 2.37. The zero-order chi connectivity index (χ0) is 15.4. The van der Waals surface area contributed by atoms with E-state index in [1.54, 1.807) is 18.2 Å². The normalized spacial score (nSPS) is 10.3. The third-order valence-corrected chi connectivity index (χ3v) is 2.91. The Balaban J connectivity index is 2.38. The van der Waals surface area contributed by atoms with Gasteiger partial charge in [0.1, 0.15) is 0 Å². The number of aliphatic hydroxyl groups is 1. The summed E-state index contributed by atoms with van der Waals surface area (Å²) >= 11 is 0. The molecule has 2 rings (SSSR count). The van der Waals surface area contributed by atoms with Crippen LogP contribution in [0.2, 0.25) is 0 Å². The minimum absolute atomic E-state index is 0.0325. The van der Waals surface area contributed by atoms with Crippen LogP contribution >= 0.6 is 0 Å². The molecule has 0 heterocycles. The lowest BCUT2D eigenvalue weighted by molar-refractivity contribution is 0.280. The Morgan fingerprint density at radius 3 is 2.33 bits per heavy atom. The summed E-state index contributed by atoms with van der Waals surface area (Å²) in [6, 6.07) is 7.47. The minimum Gasteiger partial charge on any atom is -0.494 e. The molecule has 3 N–H and O–H groups in total. The zero-order valence-corrected chi connectivity index (χ0v) is 11.7. The van der Waals surface area contributed by atoms with E-state index < -0.39 is 5.82 Å². The average molecular weight is 293 g/mol. The van der Waals surface area contributed by atoms with E-state index in [1.807, 2.05) is 0 Å². The fourth-order valence-corrected chi connectivity index (χ4v) is 1.81. The van der Waals surface area contributed by atoms with Gasteiger partial charge in [-0.05, 0) is 17.7 Å². The summed E-state index contributed by atoms with van der Waals surface area (Å²) in [6.07, 6.45) is 0. The van der Waals surface area contributed by atoms with Crippen LogP contribution in [0, 0.1) is 5.82 Å². The number of benzene rings is 2. The molecule has 21 heavy (non-hydrogen) atoms. The first-order chi connectivity index (χ1) is 10.1. The summed E-state index contributed by atoms with van der Waals surface area (Å²) in [5.74, 6) is 0.553. The van der Waals surface area contributed by atoms with Gasteiger partial charge in [-0.1, -0.05) is 6.07 Å². The summed E-state index contributed by atoms with van der Waals surface area (Å²) in [7, 11) is 2.84. The van der Waals surface area contributed by atoms with E-state index in [0.717, 1.165) is 6.07 Å². The third kappa shape index (κ3) is 3.17. The molecule has 0 fully saturated rings. The highest BCUT2D eigenvalue weighted by atomic mass is 19.1. The van der Waals surface area contributed by atoms with Crippen molar-refractivity contribution < 1.29 is 23.7 Å². The van der Waals surface area contributed by atoms with E-state index in [0.29, 0.717) is 17.1 Å². The van der Waals surface area contributed by atoms with Gasteiger partial charge in [0.15, 0.2) is 28.8 Å². The molecule has 0 aromatic heterocycles. The first kappa shape index (κ1) is 14.9. The fourth-order valence-electron chi connectivity index (χ4n) is 1.81. The second-order valence-corrected chi connectivity index (χ2v) is 4.27. The quantitative estimate of drug-likeness (QED) is 0.829. The standard InChI is InChI=1S/C15H16FNO4/c1-19-13-7-14(11(17)6-10(13)16)21-12-4-3-9(8-18)5-15(12)20-2/h3-7,18H,8,17H2,1-2H3. The lowest BCUT2D eigenvalue weighted by Gasteiger charge is -2.14. The summed E-state index contributed by atoms with van der Waals surface area (Å²) < 4.78 is 29.2. The number of nitrogen functional groups attached to an aromatic ring is 1. The van der Waals surface area contributed by atoms with Crippen molar-refractivity contribution in [3.05, 3.63) is 41.7 Å². The molecule has 0 spiro atoms. The number of hydrogen-bond acceptors (Lipinski definition) is 5. The number of ether oxygens (including phenoxy) is 3. The molecule has 112 valence electrons. The second kappa shape index (κ2) is 6.32. The first-order valence-corrected chi connectivity index (χ1v) is 6.17. The summed E-state index contributed by atoms with van der Waals surface area (Å²) in [4.78, 5) is 0. The van der Waals surface area contributed by atoms with Crippen molar-refractivity contribution in [2.24, 2.45) is 0 Å². The van der Waals surface area contributed by atoms with Crippen molar-refractivity contribution in [1.29, 1.82) is 0 Å². The molecule has 0 bridgehead atoms. The predicted octanol–water partition coefficient (Wildman–Crippen LogP) is 2.71. The molecular weight excluding hydrogens is 277 g/mol. The Morgan fingerprint density at radius 1 is 1.00 bits per heavy atom. The third-order valence-electron chi connectivity index (χ3n) is 2.91. The zero-order valence-electron chi connectivity index (χ0n) is 11.7. The van der Waals surface area contributed by atoms with Crippen LogP contribution in [0.5, 0.6) is 23.0 Å². The maximum Gasteiger partial charge on any atom is 0.169 e. The Labute approximate surface area is 121 Å². The first-order valence-electron chi connectivity index (χ1n) is 6.17. The van der Waals surface area contributed by atoms with E-state index in [-0.39, 0.29) is 23.8 Å². The maximum absolute atomic E-state index is 13.5. The number of hydrogen-bond donors (Lipinski definition) is 2. The van der Waals surface area contributed by atoms with Gasteiger partial charge in [-0.15, -0.1) is 0 Å². The minimum atomic E-state index is -0.565. The number of halogens is 1. The van der Waals surface area contributed by atoms with Crippen LogP contribution in [0.15, 0.2) is 30.3 Å². The number of nitrogens with two attached hydrogens (primary N) is 1. The van der Waals surface area contributed by atoms with E-state index >= 15 is 0 Å². The van der Waals surface area contributed by atoms with Gasteiger partial charge in [0.05, 0.1) is 26.5 Å². The highest BCUT2D eigenvalue weighted by molar-refractivity contribution is 5.58. The molecule has 0 aliphatic carbocycles. The molecule has 0 radical (unpaired) electrons. The number of anilines is 1. The number of methoxy groups -OCH3 is 2. The molecular formula is C15H16FNO4. The van der Waals surface area contributed by atoms with E-state index in [9.17, 15) is 4.39 Å². The second-order valence-electron chi connectivity index (χ2n) is 4.27. The molecule has 2 aromatic rings. The highest BCUT2D eigenvalue weighted by Gasteiger charge is 2.13. The molecule has 6 heteroatoms. The molecule has 2 aromatic carbocycles. The van der Waals surface area contributed by atoms with Crippen LogP contribution in [0.1, 0.15) is 5.56 Å². The molecule has 0 amide bonds. The van der Waals surface area contributed by atoms with Crippen LogP contribution in [0.4, 0.5) is 10.1 Å². The van der Waals surface area contributed by atoms with Crippen molar-refractivity contribution >= 4 is 5.69 Å². The van der Waals surface area contributed by atoms with Crippen LogP contribution in [-0.4, -0.2) is 19.3 Å². The van der Waals surface area contributed by atoms with Crippen molar-refractivity contribution in [3.8, 4) is 23.0 Å². The van der Waals surface area contributed by atoms with Gasteiger partial charge in [-0.25, -0.2) is 4.39 Å². The van der Waals surface area contributed by atoms with Crippen LogP contribution < -0.4 is 19.9 Å². The van der Waals surface area contributed by atoms with E-state index in [1.165, 1.54) is 20.3 Å². The Hall–Kier alpha value is -2.47. The lowest BCUT2D eigenvalue weighted by Crippen LogP contribution is -1.98. The predicted molar refractivity (Wildman–Crippen MR) is 76.4 cm³/mol. The van der Waals surface area contributed by atoms with Gasteiger partial charge in [0.2, 0.25) is 0 Å². The lowest BCUT2D eigenvalue weighted by atomic mass is 10.2. The Bertz CT molecular complexity index is 646. The van der Waals surface area contributed by atoms with Gasteiger partial charge < -0.3 is 25.1 Å². The molecule has 0 saturated heterocycles. The molecule has 0 atom stereocenters. The molecule has 0 unspecified atom stereocenters. The molecule has 5 nitrogen and oxygen atoms in total. The summed E-state index contributed by atoms with van der Waals surface area (Å²) in [6.45, 7) is -0.108. The Morgan fingerprint density at radius 2 is 1.71 bits per heavy atom. The molecule has 0 aliphatic heterocycles. The van der Waals surface area contributed by atoms with E-state index in [2.05, 4.69) is 0 Å². The topological polar surface area (TPSA) is 73.9 Å². The van der Waals surface area contributed by atoms with Crippen molar-refractivity contribution in [1.82, 2.24) is 0 Å².